The van der Waals surface area contributed by atoms with E-state index in [1.54, 1.807) is 72.8 Å². The van der Waals surface area contributed by atoms with Crippen molar-refractivity contribution in [3.8, 4) is 56.5 Å². The van der Waals surface area contributed by atoms with Crippen molar-refractivity contribution in [3.05, 3.63) is 264 Å². The van der Waals surface area contributed by atoms with E-state index in [1.807, 2.05) is 56.9 Å². The standard InChI is InChI=1S/4C21H23NO3.C21H23NOS2/c1-12-7-15(21(4,5)6)8-13(2)19(12)22-16-9-23-11-18(16)25-20-14(3)24-10-17(20)22;1-12-7-15(21(4,5)6)8-13(2)19(12)22-16-9-23-10-17(16)25-18-11-24-14(3)20(18)22;1-12-9-15(21(4,5)6)10-13(2)18(12)22-19-16(7-8-23-19)25-17-11-14(3)24-20(17)22;1-12-9-15(21(4,5)6)10-13(2)18(12)22-16-7-8-23-19(16)25-20-17(22)11-14(3)24-20;1-12-9-15(21(4,5)6)10-13(2)18(12)22-16-7-8-24-19(16)23-20-17(22)11-14(3)25-20/h5*7-11H,1-6H3. The molecular weight excluding hydrogens is 1600 g/mol. The molecule has 0 unspecified atom stereocenters. The number of hydrogen-bond donors (Lipinski definition) is 0. The SMILES string of the molecule is Cc1cc(C(C)(C)C)cc(C)c1N1c2cocc2Oc2c1coc2C.Cc1cc(C(C)(C)C)cc(C)c1N1c2cocc2Oc2coc(C)c21.Cc1cc2c(o1)N(c1c(C)cc(C(C)(C)C)cc1C)c1occc1O2.Cc1cc2c(o1)Oc1occc1N2c1c(C)cc(C(C)(C)C)cc1C.Cc1cc2c(s1)Oc1sccc1N2c1c(C)cc(C(C)(C)C)cc1C. The fourth-order valence-electron chi connectivity index (χ4n) is 17.2. The number of ether oxygens (including phenoxy) is 5. The lowest BCUT2D eigenvalue weighted by molar-refractivity contribution is 0.273. The molecule has 0 radical (unpaired) electrons. The molecule has 20 heteroatoms. The molecule has 0 amide bonds. The molecular formula is C105H115N5O13S2. The van der Waals surface area contributed by atoms with Crippen LogP contribution in [0.4, 0.5) is 85.7 Å². The van der Waals surface area contributed by atoms with E-state index in [1.165, 1.54) is 94.0 Å². The van der Waals surface area contributed by atoms with Crippen LogP contribution in [0.3, 0.4) is 0 Å². The highest BCUT2D eigenvalue weighted by Gasteiger charge is 2.40. The fraction of sp³-hybridized carbons (Fsp3) is 0.333. The van der Waals surface area contributed by atoms with Gasteiger partial charge >= 0.3 is 11.9 Å². The summed E-state index contributed by atoms with van der Waals surface area (Å²) in [5.74, 6) is 9.71. The van der Waals surface area contributed by atoms with Crippen LogP contribution in [0.1, 0.15) is 215 Å². The minimum Gasteiger partial charge on any atom is -0.466 e. The van der Waals surface area contributed by atoms with Crippen molar-refractivity contribution < 1.29 is 59.0 Å². The topological polar surface area (TPSA) is 167 Å². The third-order valence-electron chi connectivity index (χ3n) is 23.5. The molecule has 18 nitrogen and oxygen atoms in total. The Kier molecular flexibility index (Phi) is 21.9. The van der Waals surface area contributed by atoms with Gasteiger partial charge < -0.3 is 63.9 Å². The van der Waals surface area contributed by atoms with Gasteiger partial charge in [0, 0.05) is 29.1 Å². The van der Waals surface area contributed by atoms with E-state index < -0.39 is 0 Å². The van der Waals surface area contributed by atoms with Gasteiger partial charge in [-0.1, -0.05) is 165 Å². The first-order valence-electron chi connectivity index (χ1n) is 42.6. The van der Waals surface area contributed by atoms with Gasteiger partial charge in [0.15, 0.2) is 34.5 Å². The molecule has 20 rings (SSSR count). The summed E-state index contributed by atoms with van der Waals surface area (Å²) < 4.78 is 74.7. The van der Waals surface area contributed by atoms with Gasteiger partial charge in [-0.15, -0.1) is 22.7 Å². The van der Waals surface area contributed by atoms with Crippen LogP contribution >= 0.6 is 22.7 Å². The predicted octanol–water partition coefficient (Wildman–Crippen LogP) is 34.3. The minimum atomic E-state index is 0.0985. The van der Waals surface area contributed by atoms with Crippen LogP contribution in [0.2, 0.25) is 0 Å². The summed E-state index contributed by atoms with van der Waals surface area (Å²) in [4.78, 5) is 12.2. The average molecular weight is 1720 g/mol. The molecule has 0 saturated carbocycles. The minimum absolute atomic E-state index is 0.0985. The molecule has 10 aromatic heterocycles. The maximum absolute atomic E-state index is 6.14. The number of aryl methyl sites for hydroxylation is 15. The second-order valence-electron chi connectivity index (χ2n) is 38.8. The first kappa shape index (κ1) is 86.3. The molecule has 0 bridgehead atoms. The summed E-state index contributed by atoms with van der Waals surface area (Å²) in [6.45, 7) is 65.1. The molecule has 0 saturated heterocycles. The number of anilines is 15. The summed E-state index contributed by atoms with van der Waals surface area (Å²) >= 11 is 3.38. The van der Waals surface area contributed by atoms with E-state index in [2.05, 4.69) is 278 Å². The Labute approximate surface area is 742 Å². The first-order valence-corrected chi connectivity index (χ1v) is 44.3. The number of furan rings is 8. The van der Waals surface area contributed by atoms with Crippen LogP contribution in [-0.2, 0) is 27.1 Å². The van der Waals surface area contributed by atoms with Crippen LogP contribution in [0, 0.1) is 104 Å². The number of benzene rings is 5. The zero-order chi connectivity index (χ0) is 89.7. The summed E-state index contributed by atoms with van der Waals surface area (Å²) in [5.41, 5.74) is 33.0. The van der Waals surface area contributed by atoms with E-state index in [4.69, 9.17) is 59.0 Å². The lowest BCUT2D eigenvalue weighted by Gasteiger charge is -2.32. The smallest absolute Gasteiger partial charge is 0.317 e. The van der Waals surface area contributed by atoms with Crippen molar-refractivity contribution in [1.29, 1.82) is 0 Å². The van der Waals surface area contributed by atoms with Gasteiger partial charge in [0.25, 0.3) is 11.8 Å². The quantitative estimate of drug-likeness (QED) is 0.159. The zero-order valence-electron chi connectivity index (χ0n) is 77.8. The molecule has 0 atom stereocenters. The van der Waals surface area contributed by atoms with Gasteiger partial charge in [-0.25, -0.2) is 4.90 Å². The Hall–Kier alpha value is -12.3. The number of rotatable bonds is 5. The molecule has 0 N–H and O–H groups in total. The van der Waals surface area contributed by atoms with E-state index in [9.17, 15) is 0 Å². The van der Waals surface area contributed by atoms with Gasteiger partial charge in [0.1, 0.15) is 106 Å². The van der Waals surface area contributed by atoms with Crippen molar-refractivity contribution in [3.63, 3.8) is 0 Å². The molecule has 5 aliphatic rings. The largest absolute Gasteiger partial charge is 0.466 e. The Morgan fingerprint density at radius 1 is 0.272 bits per heavy atom. The summed E-state index contributed by atoms with van der Waals surface area (Å²) in [6, 6.07) is 34.8. The van der Waals surface area contributed by atoms with Crippen LogP contribution in [-0.4, -0.2) is 0 Å². The molecule has 5 aliphatic heterocycles. The Morgan fingerprint density at radius 2 is 0.704 bits per heavy atom. The molecule has 0 fully saturated rings. The van der Waals surface area contributed by atoms with Crippen LogP contribution in [0.15, 0.2) is 188 Å². The Balaban J connectivity index is 0.000000115. The monoisotopic (exact) mass is 1720 g/mol. The predicted molar refractivity (Wildman–Crippen MR) is 504 cm³/mol. The lowest BCUT2D eigenvalue weighted by Crippen LogP contribution is -2.18. The fourth-order valence-corrected chi connectivity index (χ4v) is 18.8. The normalized spacial score (nSPS) is 13.4. The molecule has 0 spiro atoms. The van der Waals surface area contributed by atoms with Crippen molar-refractivity contribution in [1.82, 2.24) is 0 Å². The van der Waals surface area contributed by atoms with Gasteiger partial charge in [-0.2, -0.15) is 0 Å². The van der Waals surface area contributed by atoms with Crippen molar-refractivity contribution >= 4 is 108 Å². The Morgan fingerprint density at radius 3 is 1.21 bits per heavy atom. The lowest BCUT2D eigenvalue weighted by atomic mass is 9.84. The van der Waals surface area contributed by atoms with Crippen LogP contribution < -0.4 is 48.2 Å². The Bertz CT molecular complexity index is 6000. The number of fused-ring (bicyclic) bond motifs is 10. The third kappa shape index (κ3) is 16.0. The first-order chi connectivity index (χ1) is 58.8. The number of nitrogens with zero attached hydrogens (tertiary/aromatic N) is 5. The average Bonchev–Trinajstić information content (AvgIpc) is 1.66. The highest BCUT2D eigenvalue weighted by molar-refractivity contribution is 7.15. The maximum Gasteiger partial charge on any atom is 0.317 e. The zero-order valence-corrected chi connectivity index (χ0v) is 79.4. The number of hydrogen-bond acceptors (Lipinski definition) is 20. The highest BCUT2D eigenvalue weighted by atomic mass is 32.1. The van der Waals surface area contributed by atoms with E-state index >= 15 is 0 Å². The van der Waals surface area contributed by atoms with Crippen LogP contribution in [0.25, 0.3) is 0 Å². The van der Waals surface area contributed by atoms with Crippen molar-refractivity contribution in [2.75, 3.05) is 24.5 Å². The maximum atomic E-state index is 6.14. The second-order valence-corrected chi connectivity index (χ2v) is 40.9. The second kappa shape index (κ2) is 31.8. The van der Waals surface area contributed by atoms with Crippen molar-refractivity contribution in [2.45, 2.75) is 235 Å². The van der Waals surface area contributed by atoms with Gasteiger partial charge in [0.05, 0.1) is 41.0 Å². The van der Waals surface area contributed by atoms with Gasteiger partial charge in [-0.3, -0.25) is 14.7 Å². The summed E-state index contributed by atoms with van der Waals surface area (Å²) in [6.07, 6.45) is 13.4. The van der Waals surface area contributed by atoms with Gasteiger partial charge in [-0.05, 0) is 232 Å². The van der Waals surface area contributed by atoms with Crippen molar-refractivity contribution in [2.24, 2.45) is 0 Å². The molecule has 5 aromatic carbocycles. The summed E-state index contributed by atoms with van der Waals surface area (Å²) in [7, 11) is 0. The molecule has 15 heterocycles. The molecule has 15 aromatic rings. The van der Waals surface area contributed by atoms with E-state index in [0.717, 1.165) is 107 Å². The van der Waals surface area contributed by atoms with E-state index in [0.29, 0.717) is 52.4 Å². The summed E-state index contributed by atoms with van der Waals surface area (Å²) in [5, 5.41) is 4.08. The molecule has 650 valence electrons. The molecule has 0 aliphatic carbocycles. The van der Waals surface area contributed by atoms with E-state index in [-0.39, 0.29) is 27.1 Å². The number of thiophene rings is 2. The third-order valence-corrected chi connectivity index (χ3v) is 25.2. The molecule has 125 heavy (non-hydrogen) atoms. The highest BCUT2D eigenvalue weighted by Crippen LogP contribution is 2.62. The van der Waals surface area contributed by atoms with Gasteiger partial charge in [0.2, 0.25) is 10.1 Å². The van der Waals surface area contributed by atoms with Crippen LogP contribution in [0.5, 0.6) is 56.5 Å².